The molecule has 4 heterocycles. The fraction of sp³-hybridized carbons (Fsp3) is 0.435. The zero-order valence-electron chi connectivity index (χ0n) is 18.4. The van der Waals surface area contributed by atoms with Gasteiger partial charge in [-0.15, -0.1) is 0 Å². The number of carbonyl (C=O) groups excluding carboxylic acids is 1. The second kappa shape index (κ2) is 9.75. The molecule has 0 radical (unpaired) electrons. The zero-order valence-corrected chi connectivity index (χ0v) is 19.2. The molecule has 1 amide bonds. The first-order chi connectivity index (χ1) is 15.4. The van der Waals surface area contributed by atoms with Crippen LogP contribution < -0.4 is 5.73 Å². The van der Waals surface area contributed by atoms with Gasteiger partial charge in [0, 0.05) is 30.2 Å². The number of aromatic amines is 1. The Kier molecular flexibility index (Phi) is 6.81. The van der Waals surface area contributed by atoms with Gasteiger partial charge in [-0.25, -0.2) is 9.97 Å². The number of rotatable bonds is 7. The monoisotopic (exact) mass is 453 g/mol. The Morgan fingerprint density at radius 3 is 2.59 bits per heavy atom. The molecule has 0 aliphatic carbocycles. The van der Waals surface area contributed by atoms with Crippen LogP contribution in [-0.4, -0.2) is 55.6 Å². The van der Waals surface area contributed by atoms with Crippen molar-refractivity contribution in [1.82, 2.24) is 30.0 Å². The quantitative estimate of drug-likeness (QED) is 0.568. The van der Waals surface area contributed by atoms with Crippen molar-refractivity contribution in [2.24, 2.45) is 5.73 Å². The van der Waals surface area contributed by atoms with Crippen LogP contribution in [0.25, 0.3) is 0 Å². The van der Waals surface area contributed by atoms with Gasteiger partial charge in [0.25, 0.3) is 0 Å². The Hall–Kier alpha value is -2.84. The topological polar surface area (TPSA) is 114 Å². The standard InChI is InChI=1S/C23H28ClN7O/c1-14-7-17(26-11-19(14)16-3-5-31(6-4-16)13-22(25)32)10-23-27-12-20(24)21(28-23)9-18-8-15(2)29-30-18/h7-8,11-12,16H,3-6,9-10,13H2,1-2H3,(H2,25,32)(H,29,30). The summed E-state index contributed by atoms with van der Waals surface area (Å²) in [7, 11) is 0. The number of carbonyl (C=O) groups is 1. The molecule has 3 aromatic rings. The number of amides is 1. The second-order valence-electron chi connectivity index (χ2n) is 8.53. The highest BCUT2D eigenvalue weighted by molar-refractivity contribution is 6.31. The van der Waals surface area contributed by atoms with Gasteiger partial charge in [-0.3, -0.25) is 19.8 Å². The van der Waals surface area contributed by atoms with Gasteiger partial charge in [0.1, 0.15) is 5.82 Å². The van der Waals surface area contributed by atoms with E-state index in [-0.39, 0.29) is 5.91 Å². The molecule has 9 heteroatoms. The number of nitrogens with two attached hydrogens (primary N) is 1. The maximum atomic E-state index is 11.1. The number of aryl methyl sites for hydroxylation is 2. The van der Waals surface area contributed by atoms with Crippen molar-refractivity contribution in [2.45, 2.75) is 45.4 Å². The van der Waals surface area contributed by atoms with E-state index >= 15 is 0 Å². The van der Waals surface area contributed by atoms with Gasteiger partial charge >= 0.3 is 0 Å². The molecule has 0 aromatic carbocycles. The number of hydrogen-bond donors (Lipinski definition) is 2. The van der Waals surface area contributed by atoms with Crippen LogP contribution in [-0.2, 0) is 17.6 Å². The molecule has 0 atom stereocenters. The van der Waals surface area contributed by atoms with E-state index in [1.54, 1.807) is 6.20 Å². The number of aromatic nitrogens is 5. The van der Waals surface area contributed by atoms with Crippen LogP contribution >= 0.6 is 11.6 Å². The predicted molar refractivity (Wildman–Crippen MR) is 123 cm³/mol. The molecule has 0 bridgehead atoms. The molecule has 8 nitrogen and oxygen atoms in total. The number of halogens is 1. The Balaban J connectivity index is 1.43. The molecule has 1 saturated heterocycles. The lowest BCUT2D eigenvalue weighted by Crippen LogP contribution is -2.39. The van der Waals surface area contributed by atoms with Gasteiger partial charge < -0.3 is 5.73 Å². The summed E-state index contributed by atoms with van der Waals surface area (Å²) in [5.74, 6) is 0.880. The van der Waals surface area contributed by atoms with Crippen molar-refractivity contribution >= 4 is 17.5 Å². The van der Waals surface area contributed by atoms with E-state index in [1.807, 2.05) is 19.2 Å². The van der Waals surface area contributed by atoms with Crippen molar-refractivity contribution in [3.05, 3.63) is 69.3 Å². The van der Waals surface area contributed by atoms with Gasteiger partial charge in [-0.2, -0.15) is 5.10 Å². The van der Waals surface area contributed by atoms with Crippen molar-refractivity contribution < 1.29 is 4.79 Å². The van der Waals surface area contributed by atoms with E-state index in [4.69, 9.17) is 22.3 Å². The van der Waals surface area contributed by atoms with Crippen LogP contribution in [0.5, 0.6) is 0 Å². The van der Waals surface area contributed by atoms with Crippen LogP contribution in [0.1, 0.15) is 58.5 Å². The molecular weight excluding hydrogens is 426 g/mol. The third-order valence-corrected chi connectivity index (χ3v) is 6.24. The average molecular weight is 454 g/mol. The van der Waals surface area contributed by atoms with Crippen LogP contribution in [0, 0.1) is 13.8 Å². The summed E-state index contributed by atoms with van der Waals surface area (Å²) in [6, 6.07) is 4.11. The molecule has 1 fully saturated rings. The lowest BCUT2D eigenvalue weighted by atomic mass is 9.87. The molecule has 4 rings (SSSR count). The Morgan fingerprint density at radius 2 is 1.94 bits per heavy atom. The molecule has 0 spiro atoms. The SMILES string of the molecule is Cc1cc(Cc2nc(Cc3cc(C)c(C4CCN(CC(N)=O)CC4)cn3)ncc2Cl)n[nH]1. The zero-order chi connectivity index (χ0) is 22.7. The normalized spacial score (nSPS) is 15.2. The average Bonchev–Trinajstić information content (AvgIpc) is 3.16. The number of primary amides is 1. The van der Waals surface area contributed by atoms with E-state index in [9.17, 15) is 4.79 Å². The smallest absolute Gasteiger partial charge is 0.231 e. The van der Waals surface area contributed by atoms with E-state index in [0.717, 1.165) is 48.7 Å². The lowest BCUT2D eigenvalue weighted by Gasteiger charge is -2.31. The first kappa shape index (κ1) is 22.4. The summed E-state index contributed by atoms with van der Waals surface area (Å²) in [5, 5.41) is 7.75. The summed E-state index contributed by atoms with van der Waals surface area (Å²) in [5.41, 5.74) is 11.4. The van der Waals surface area contributed by atoms with Crippen LogP contribution in [0.3, 0.4) is 0 Å². The van der Waals surface area contributed by atoms with Crippen LogP contribution in [0.15, 0.2) is 24.5 Å². The Labute approximate surface area is 192 Å². The number of piperidine rings is 1. The lowest BCUT2D eigenvalue weighted by molar-refractivity contribution is -0.119. The number of nitrogens with one attached hydrogen (secondary N) is 1. The van der Waals surface area contributed by atoms with Gasteiger partial charge in [0.05, 0.1) is 29.4 Å². The fourth-order valence-electron chi connectivity index (χ4n) is 4.32. The van der Waals surface area contributed by atoms with Crippen molar-refractivity contribution in [3.63, 3.8) is 0 Å². The molecular formula is C23H28ClN7O. The second-order valence-corrected chi connectivity index (χ2v) is 8.93. The van der Waals surface area contributed by atoms with E-state index in [2.05, 4.69) is 38.1 Å². The molecule has 32 heavy (non-hydrogen) atoms. The summed E-state index contributed by atoms with van der Waals surface area (Å²) in [6.45, 7) is 6.19. The Morgan fingerprint density at radius 1 is 1.16 bits per heavy atom. The van der Waals surface area contributed by atoms with Crippen molar-refractivity contribution in [3.8, 4) is 0 Å². The maximum Gasteiger partial charge on any atom is 0.231 e. The summed E-state index contributed by atoms with van der Waals surface area (Å²) >= 11 is 6.32. The number of likely N-dealkylation sites (tertiary alicyclic amines) is 1. The highest BCUT2D eigenvalue weighted by Gasteiger charge is 2.23. The third kappa shape index (κ3) is 5.49. The number of nitrogens with zero attached hydrogens (tertiary/aromatic N) is 5. The highest BCUT2D eigenvalue weighted by Crippen LogP contribution is 2.30. The summed E-state index contributed by atoms with van der Waals surface area (Å²) < 4.78 is 0. The molecule has 168 valence electrons. The largest absolute Gasteiger partial charge is 0.369 e. The first-order valence-corrected chi connectivity index (χ1v) is 11.2. The Bertz CT molecular complexity index is 1110. The summed E-state index contributed by atoms with van der Waals surface area (Å²) in [4.78, 5) is 27.0. The minimum atomic E-state index is -0.266. The molecule has 3 aromatic heterocycles. The number of H-pyrrole nitrogens is 1. The van der Waals surface area contributed by atoms with E-state index in [1.165, 1.54) is 11.1 Å². The number of pyridine rings is 1. The van der Waals surface area contributed by atoms with Crippen molar-refractivity contribution in [2.75, 3.05) is 19.6 Å². The highest BCUT2D eigenvalue weighted by atomic mass is 35.5. The van der Waals surface area contributed by atoms with Gasteiger partial charge in [-0.1, -0.05) is 11.6 Å². The first-order valence-electron chi connectivity index (χ1n) is 10.8. The van der Waals surface area contributed by atoms with E-state index < -0.39 is 0 Å². The molecule has 3 N–H and O–H groups in total. The maximum absolute atomic E-state index is 11.1. The molecule has 1 aliphatic heterocycles. The molecule has 0 unspecified atom stereocenters. The van der Waals surface area contributed by atoms with Crippen molar-refractivity contribution in [1.29, 1.82) is 0 Å². The molecule has 1 aliphatic rings. The minimum Gasteiger partial charge on any atom is -0.369 e. The van der Waals surface area contributed by atoms with Gasteiger partial charge in [-0.05, 0) is 69.0 Å². The van der Waals surface area contributed by atoms with Gasteiger partial charge in [0.15, 0.2) is 0 Å². The van der Waals surface area contributed by atoms with E-state index in [0.29, 0.717) is 36.2 Å². The van der Waals surface area contributed by atoms with Crippen LogP contribution in [0.2, 0.25) is 5.02 Å². The third-order valence-electron chi connectivity index (χ3n) is 5.93. The predicted octanol–water partition coefficient (Wildman–Crippen LogP) is 2.71. The minimum absolute atomic E-state index is 0.266. The fourth-order valence-corrected chi connectivity index (χ4v) is 4.48. The van der Waals surface area contributed by atoms with Crippen LogP contribution in [0.4, 0.5) is 0 Å². The number of hydrogen-bond acceptors (Lipinski definition) is 6. The van der Waals surface area contributed by atoms with Gasteiger partial charge in [0.2, 0.25) is 5.91 Å². The summed E-state index contributed by atoms with van der Waals surface area (Å²) in [6.07, 6.45) is 6.75. The molecule has 0 saturated carbocycles.